The maximum absolute atomic E-state index is 12.5. The third-order valence-corrected chi connectivity index (χ3v) is 4.76. The molecule has 3 aromatic heterocycles. The summed E-state index contributed by atoms with van der Waals surface area (Å²) >= 11 is 0. The number of benzene rings is 2. The second kappa shape index (κ2) is 8.31. The smallest absolute Gasteiger partial charge is 0.263 e. The number of aryl methyl sites for hydroxylation is 1. The van der Waals surface area contributed by atoms with Crippen molar-refractivity contribution in [2.45, 2.75) is 6.92 Å². The van der Waals surface area contributed by atoms with Crippen LogP contribution in [-0.2, 0) is 4.79 Å². The lowest BCUT2D eigenvalue weighted by Crippen LogP contribution is -2.22. The molecule has 0 bridgehead atoms. The van der Waals surface area contributed by atoms with E-state index >= 15 is 0 Å². The van der Waals surface area contributed by atoms with E-state index in [1.807, 2.05) is 55.5 Å². The number of ether oxygens (including phenoxy) is 1. The van der Waals surface area contributed by atoms with Crippen LogP contribution in [0.4, 0.5) is 5.82 Å². The Kier molecular flexibility index (Phi) is 5.04. The zero-order chi connectivity index (χ0) is 21.9. The molecule has 32 heavy (non-hydrogen) atoms. The zero-order valence-electron chi connectivity index (χ0n) is 17.2. The van der Waals surface area contributed by atoms with E-state index in [-0.39, 0.29) is 12.5 Å². The van der Waals surface area contributed by atoms with Crippen LogP contribution >= 0.6 is 0 Å². The molecule has 0 aliphatic heterocycles. The largest absolute Gasteiger partial charge is 0.484 e. The lowest BCUT2D eigenvalue weighted by Gasteiger charge is -2.10. The van der Waals surface area contributed by atoms with Crippen molar-refractivity contribution in [2.75, 3.05) is 11.9 Å². The van der Waals surface area contributed by atoms with Gasteiger partial charge in [0, 0.05) is 6.07 Å². The topological polar surface area (TPSA) is 99.7 Å². The van der Waals surface area contributed by atoms with Crippen LogP contribution in [-0.4, -0.2) is 42.0 Å². The molecule has 5 aromatic rings. The molecule has 0 atom stereocenters. The summed E-state index contributed by atoms with van der Waals surface area (Å²) in [5.74, 6) is 1.32. The van der Waals surface area contributed by atoms with E-state index in [9.17, 15) is 4.79 Å². The Morgan fingerprint density at radius 3 is 2.53 bits per heavy atom. The fourth-order valence-electron chi connectivity index (χ4n) is 3.35. The summed E-state index contributed by atoms with van der Waals surface area (Å²) in [5.41, 5.74) is 2.25. The van der Waals surface area contributed by atoms with E-state index in [0.717, 1.165) is 11.4 Å². The Labute approximate surface area is 183 Å². The number of para-hydroxylation sites is 2. The summed E-state index contributed by atoms with van der Waals surface area (Å²) in [4.78, 5) is 21.3. The molecule has 3 heterocycles. The van der Waals surface area contributed by atoms with Gasteiger partial charge in [0.25, 0.3) is 5.91 Å². The van der Waals surface area contributed by atoms with E-state index in [2.05, 4.69) is 25.5 Å². The predicted molar refractivity (Wildman–Crippen MR) is 119 cm³/mol. The van der Waals surface area contributed by atoms with Gasteiger partial charge in [-0.1, -0.05) is 36.4 Å². The molecule has 0 aliphatic rings. The highest BCUT2D eigenvalue weighted by Crippen LogP contribution is 2.24. The van der Waals surface area contributed by atoms with Crippen molar-refractivity contribution in [1.82, 2.24) is 29.5 Å². The fourth-order valence-corrected chi connectivity index (χ4v) is 3.35. The lowest BCUT2D eigenvalue weighted by molar-refractivity contribution is -0.118. The second-order valence-electron chi connectivity index (χ2n) is 7.06. The van der Waals surface area contributed by atoms with E-state index in [1.165, 1.54) is 6.33 Å². The van der Waals surface area contributed by atoms with Gasteiger partial charge in [-0.3, -0.25) is 4.79 Å². The average molecular weight is 425 g/mol. The molecule has 0 saturated carbocycles. The quantitative estimate of drug-likeness (QED) is 0.448. The van der Waals surface area contributed by atoms with Gasteiger partial charge in [-0.15, -0.1) is 0 Å². The van der Waals surface area contributed by atoms with Gasteiger partial charge >= 0.3 is 0 Å². The van der Waals surface area contributed by atoms with Crippen LogP contribution in [0.1, 0.15) is 5.69 Å². The zero-order valence-corrected chi connectivity index (χ0v) is 17.2. The highest BCUT2D eigenvalue weighted by Gasteiger charge is 2.17. The average Bonchev–Trinajstić information content (AvgIpc) is 3.42. The highest BCUT2D eigenvalue weighted by molar-refractivity contribution is 5.92. The number of carbonyl (C=O) groups excluding carboxylic acids is 1. The van der Waals surface area contributed by atoms with Crippen molar-refractivity contribution in [2.24, 2.45) is 0 Å². The van der Waals surface area contributed by atoms with Crippen LogP contribution in [0.2, 0.25) is 0 Å². The maximum atomic E-state index is 12.5. The number of nitrogens with zero attached hydrogens (tertiary/aromatic N) is 6. The molecule has 2 aromatic carbocycles. The minimum atomic E-state index is -0.305. The number of nitrogens with one attached hydrogen (secondary N) is 1. The Bertz CT molecular complexity index is 1380. The molecular weight excluding hydrogens is 406 g/mol. The van der Waals surface area contributed by atoms with Crippen molar-refractivity contribution in [3.05, 3.63) is 84.9 Å². The molecule has 9 heteroatoms. The van der Waals surface area contributed by atoms with Crippen molar-refractivity contribution in [1.29, 1.82) is 0 Å². The predicted octanol–water partition coefficient (Wildman–Crippen LogP) is 3.33. The molecule has 0 unspecified atom stereocenters. The van der Waals surface area contributed by atoms with Crippen molar-refractivity contribution < 1.29 is 9.53 Å². The Morgan fingerprint density at radius 1 is 1.00 bits per heavy atom. The lowest BCUT2D eigenvalue weighted by atomic mass is 10.3. The Morgan fingerprint density at radius 2 is 1.75 bits per heavy atom. The second-order valence-corrected chi connectivity index (χ2v) is 7.06. The minimum Gasteiger partial charge on any atom is -0.484 e. The first-order valence-electron chi connectivity index (χ1n) is 9.98. The first kappa shape index (κ1) is 19.4. The Hall–Kier alpha value is -4.53. The number of amides is 1. The number of fused-ring (bicyclic) bond motifs is 1. The molecule has 0 aliphatic carbocycles. The summed E-state index contributed by atoms with van der Waals surface area (Å²) in [6, 6.07) is 20.7. The molecule has 9 nitrogen and oxygen atoms in total. The van der Waals surface area contributed by atoms with Crippen LogP contribution in [0.15, 0.2) is 79.3 Å². The van der Waals surface area contributed by atoms with Gasteiger partial charge in [0.1, 0.15) is 17.9 Å². The summed E-state index contributed by atoms with van der Waals surface area (Å²) in [6.45, 7) is 1.72. The fraction of sp³-hybridized carbons (Fsp3) is 0.0870. The summed E-state index contributed by atoms with van der Waals surface area (Å²) in [5, 5.41) is 12.6. The number of carbonyl (C=O) groups is 1. The number of hydrogen-bond acceptors (Lipinski definition) is 6. The standard InChI is InChI=1S/C23H19N7O2/c1-16-12-20(27-21(31)14-32-18-10-6-3-7-11-18)30(28-16)23-19-13-26-29(22(19)24-15-25-23)17-8-4-2-5-9-17/h2-13,15H,14H2,1H3,(H,27,31). The maximum Gasteiger partial charge on any atom is 0.263 e. The van der Waals surface area contributed by atoms with Crippen LogP contribution in [0.3, 0.4) is 0 Å². The molecular formula is C23H19N7O2. The molecule has 5 rings (SSSR count). The monoisotopic (exact) mass is 425 g/mol. The van der Waals surface area contributed by atoms with Crippen LogP contribution in [0.25, 0.3) is 22.5 Å². The van der Waals surface area contributed by atoms with E-state index in [4.69, 9.17) is 4.74 Å². The van der Waals surface area contributed by atoms with E-state index in [1.54, 1.807) is 33.8 Å². The van der Waals surface area contributed by atoms with Gasteiger partial charge in [-0.25, -0.2) is 14.6 Å². The number of rotatable bonds is 6. The third kappa shape index (κ3) is 3.79. The Balaban J connectivity index is 1.45. The first-order valence-corrected chi connectivity index (χ1v) is 9.98. The van der Waals surface area contributed by atoms with Crippen LogP contribution in [0, 0.1) is 6.92 Å². The molecule has 158 valence electrons. The van der Waals surface area contributed by atoms with E-state index < -0.39 is 0 Å². The molecule has 0 spiro atoms. The number of anilines is 1. The molecule has 1 amide bonds. The summed E-state index contributed by atoms with van der Waals surface area (Å²) < 4.78 is 8.85. The van der Waals surface area contributed by atoms with Crippen molar-refractivity contribution in [3.8, 4) is 17.3 Å². The molecule has 0 radical (unpaired) electrons. The van der Waals surface area contributed by atoms with Gasteiger partial charge in [-0.05, 0) is 31.2 Å². The van der Waals surface area contributed by atoms with Gasteiger partial charge < -0.3 is 10.1 Å². The highest BCUT2D eigenvalue weighted by atomic mass is 16.5. The van der Waals surface area contributed by atoms with Crippen molar-refractivity contribution in [3.63, 3.8) is 0 Å². The van der Waals surface area contributed by atoms with Gasteiger partial charge in [0.15, 0.2) is 18.1 Å². The van der Waals surface area contributed by atoms with Crippen LogP contribution < -0.4 is 10.1 Å². The molecule has 1 N–H and O–H groups in total. The van der Waals surface area contributed by atoms with Gasteiger partial charge in [0.05, 0.1) is 23.0 Å². The SMILES string of the molecule is Cc1cc(NC(=O)COc2ccccc2)n(-c2ncnc3c2cnn3-c2ccccc2)n1. The minimum absolute atomic E-state index is 0.126. The molecule has 0 saturated heterocycles. The van der Waals surface area contributed by atoms with Crippen LogP contribution in [0.5, 0.6) is 5.75 Å². The summed E-state index contributed by atoms with van der Waals surface area (Å²) in [6.07, 6.45) is 3.15. The van der Waals surface area contributed by atoms with Gasteiger partial charge in [-0.2, -0.15) is 14.9 Å². The number of hydrogen-bond donors (Lipinski definition) is 1. The number of aromatic nitrogens is 6. The van der Waals surface area contributed by atoms with Crippen molar-refractivity contribution >= 4 is 22.8 Å². The molecule has 0 fully saturated rings. The summed E-state index contributed by atoms with van der Waals surface area (Å²) in [7, 11) is 0. The van der Waals surface area contributed by atoms with Gasteiger partial charge in [0.2, 0.25) is 0 Å². The van der Waals surface area contributed by atoms with E-state index in [0.29, 0.717) is 28.4 Å². The first-order chi connectivity index (χ1) is 15.7. The third-order valence-electron chi connectivity index (χ3n) is 4.76. The normalized spacial score (nSPS) is 10.9.